The average molecular weight is 398 g/mol. The number of benzene rings is 2. The fourth-order valence-corrected chi connectivity index (χ4v) is 4.61. The number of aromatic nitrogens is 1. The molecule has 0 unspecified atom stereocenters. The third-order valence-corrected chi connectivity index (χ3v) is 7.72. The standard InChI is InChI=1S/C24H31NO2S/c1-20(2)28(26,27)19-9-5-3-4-6-10-21-13-15-23(16-14-21)25-18-17-22-11-7-8-12-24(22)25/h7-8,11-18,20H,3-6,9-10,19H2,1-2H3. The fourth-order valence-electron chi connectivity index (χ4n) is 3.53. The van der Waals surface area contributed by atoms with E-state index < -0.39 is 9.84 Å². The SMILES string of the molecule is CC(C)S(=O)(=O)CCCCCCCc1ccc(-n2ccc3ccccc32)cc1. The molecule has 0 aliphatic rings. The fraction of sp³-hybridized carbons (Fsp3) is 0.417. The highest BCUT2D eigenvalue weighted by molar-refractivity contribution is 7.91. The minimum atomic E-state index is -2.87. The van der Waals surface area contributed by atoms with Gasteiger partial charge in [0.25, 0.3) is 0 Å². The summed E-state index contributed by atoms with van der Waals surface area (Å²) in [4.78, 5) is 0. The van der Waals surface area contributed by atoms with Crippen LogP contribution in [-0.2, 0) is 16.3 Å². The molecule has 0 saturated carbocycles. The molecule has 3 rings (SSSR count). The van der Waals surface area contributed by atoms with Crippen LogP contribution in [-0.4, -0.2) is 24.0 Å². The molecule has 150 valence electrons. The lowest BCUT2D eigenvalue weighted by Crippen LogP contribution is -2.17. The largest absolute Gasteiger partial charge is 0.317 e. The van der Waals surface area contributed by atoms with Crippen molar-refractivity contribution in [3.63, 3.8) is 0 Å². The van der Waals surface area contributed by atoms with Crippen molar-refractivity contribution >= 4 is 20.7 Å². The molecule has 0 fully saturated rings. The monoisotopic (exact) mass is 397 g/mol. The Labute approximate surface area is 169 Å². The molecule has 2 aromatic carbocycles. The molecule has 0 amide bonds. The maximum Gasteiger partial charge on any atom is 0.152 e. The predicted octanol–water partition coefficient (Wildman–Crippen LogP) is 5.95. The van der Waals surface area contributed by atoms with Crippen molar-refractivity contribution in [1.82, 2.24) is 4.57 Å². The van der Waals surface area contributed by atoms with Crippen molar-refractivity contribution in [2.75, 3.05) is 5.75 Å². The molecule has 0 aliphatic heterocycles. The van der Waals surface area contributed by atoms with E-state index in [1.165, 1.54) is 22.2 Å². The smallest absolute Gasteiger partial charge is 0.152 e. The number of hydrogen-bond acceptors (Lipinski definition) is 2. The first-order valence-corrected chi connectivity index (χ1v) is 12.1. The lowest BCUT2D eigenvalue weighted by atomic mass is 10.1. The zero-order valence-corrected chi connectivity index (χ0v) is 17.8. The quantitative estimate of drug-likeness (QED) is 0.397. The van der Waals surface area contributed by atoms with Gasteiger partial charge in [-0.25, -0.2) is 8.42 Å². The maximum atomic E-state index is 11.8. The van der Waals surface area contributed by atoms with E-state index in [1.807, 2.05) is 0 Å². The third-order valence-electron chi connectivity index (χ3n) is 5.43. The third kappa shape index (κ3) is 5.26. The van der Waals surface area contributed by atoms with Crippen LogP contribution in [0.2, 0.25) is 0 Å². The van der Waals surface area contributed by atoms with E-state index in [2.05, 4.69) is 65.4 Å². The number of hydrogen-bond donors (Lipinski definition) is 0. The number of aryl methyl sites for hydroxylation is 1. The zero-order valence-electron chi connectivity index (χ0n) is 17.0. The number of unbranched alkanes of at least 4 members (excludes halogenated alkanes) is 4. The van der Waals surface area contributed by atoms with E-state index in [1.54, 1.807) is 13.8 Å². The summed E-state index contributed by atoms with van der Waals surface area (Å²) in [6, 6.07) is 19.4. The zero-order chi connectivity index (χ0) is 20.0. The van der Waals surface area contributed by atoms with Gasteiger partial charge in [0.15, 0.2) is 9.84 Å². The van der Waals surface area contributed by atoms with Crippen LogP contribution < -0.4 is 0 Å². The van der Waals surface area contributed by atoms with E-state index in [4.69, 9.17) is 0 Å². The van der Waals surface area contributed by atoms with Gasteiger partial charge in [0.2, 0.25) is 0 Å². The summed E-state index contributed by atoms with van der Waals surface area (Å²) in [5.41, 5.74) is 3.79. The average Bonchev–Trinajstić information content (AvgIpc) is 3.12. The number of sulfone groups is 1. The molecule has 0 saturated heterocycles. The number of rotatable bonds is 10. The van der Waals surface area contributed by atoms with Gasteiger partial charge in [-0.3, -0.25) is 0 Å². The minimum Gasteiger partial charge on any atom is -0.317 e. The van der Waals surface area contributed by atoms with E-state index in [0.717, 1.165) is 38.5 Å². The van der Waals surface area contributed by atoms with Gasteiger partial charge in [-0.15, -0.1) is 0 Å². The van der Waals surface area contributed by atoms with Gasteiger partial charge in [0.05, 0.1) is 16.5 Å². The topological polar surface area (TPSA) is 39.1 Å². The second-order valence-corrected chi connectivity index (χ2v) is 10.5. The molecular weight excluding hydrogens is 366 g/mol. The highest BCUT2D eigenvalue weighted by Crippen LogP contribution is 2.21. The van der Waals surface area contributed by atoms with Gasteiger partial charge >= 0.3 is 0 Å². The van der Waals surface area contributed by atoms with Crippen LogP contribution >= 0.6 is 0 Å². The Morgan fingerprint density at radius 3 is 2.25 bits per heavy atom. The molecule has 0 atom stereocenters. The lowest BCUT2D eigenvalue weighted by Gasteiger charge is -2.08. The first-order valence-electron chi connectivity index (χ1n) is 10.3. The highest BCUT2D eigenvalue weighted by Gasteiger charge is 2.14. The van der Waals surface area contributed by atoms with E-state index in [-0.39, 0.29) is 5.25 Å². The minimum absolute atomic E-state index is 0.250. The Bertz CT molecular complexity index is 985. The molecule has 3 aromatic rings. The van der Waals surface area contributed by atoms with E-state index >= 15 is 0 Å². The molecule has 0 N–H and O–H groups in total. The van der Waals surface area contributed by atoms with Gasteiger partial charge in [-0.2, -0.15) is 0 Å². The molecule has 0 bridgehead atoms. The number of fused-ring (bicyclic) bond motifs is 1. The molecule has 0 spiro atoms. The van der Waals surface area contributed by atoms with Gasteiger partial charge in [0.1, 0.15) is 0 Å². The van der Waals surface area contributed by atoms with Crippen molar-refractivity contribution < 1.29 is 8.42 Å². The van der Waals surface area contributed by atoms with Crippen molar-refractivity contribution in [2.24, 2.45) is 0 Å². The number of nitrogens with zero attached hydrogens (tertiary/aromatic N) is 1. The molecular formula is C24H31NO2S. The molecule has 28 heavy (non-hydrogen) atoms. The Kier molecular flexibility index (Phi) is 6.95. The second-order valence-electron chi connectivity index (χ2n) is 7.84. The Morgan fingerprint density at radius 2 is 1.50 bits per heavy atom. The summed E-state index contributed by atoms with van der Waals surface area (Å²) in [6.45, 7) is 3.53. The maximum absolute atomic E-state index is 11.8. The second kappa shape index (κ2) is 9.42. The molecule has 0 aliphatic carbocycles. The number of para-hydroxylation sites is 1. The van der Waals surface area contributed by atoms with Crippen molar-refractivity contribution in [2.45, 2.75) is 57.6 Å². The van der Waals surface area contributed by atoms with Crippen molar-refractivity contribution in [3.8, 4) is 5.69 Å². The van der Waals surface area contributed by atoms with Crippen LogP contribution in [0.5, 0.6) is 0 Å². The van der Waals surface area contributed by atoms with Crippen molar-refractivity contribution in [3.05, 3.63) is 66.4 Å². The van der Waals surface area contributed by atoms with Crippen LogP contribution in [0.1, 0.15) is 51.5 Å². The summed E-state index contributed by atoms with van der Waals surface area (Å²) >= 11 is 0. The lowest BCUT2D eigenvalue weighted by molar-refractivity contribution is 0.577. The molecule has 1 heterocycles. The molecule has 0 radical (unpaired) electrons. The van der Waals surface area contributed by atoms with E-state index in [0.29, 0.717) is 5.75 Å². The summed E-state index contributed by atoms with van der Waals surface area (Å²) in [6.07, 6.45) is 8.43. The summed E-state index contributed by atoms with van der Waals surface area (Å²) in [5, 5.41) is 1.01. The first kappa shape index (κ1) is 20.7. The Morgan fingerprint density at radius 1 is 0.821 bits per heavy atom. The van der Waals surface area contributed by atoms with Crippen LogP contribution in [0, 0.1) is 0 Å². The van der Waals surface area contributed by atoms with Gasteiger partial charge in [-0.1, -0.05) is 49.6 Å². The summed E-state index contributed by atoms with van der Waals surface area (Å²) < 4.78 is 25.8. The highest BCUT2D eigenvalue weighted by atomic mass is 32.2. The summed E-state index contributed by atoms with van der Waals surface area (Å²) in [7, 11) is -2.87. The Hall–Kier alpha value is -2.07. The Balaban J connectivity index is 1.42. The van der Waals surface area contributed by atoms with Gasteiger partial charge in [-0.05, 0) is 68.3 Å². The molecule has 1 aromatic heterocycles. The predicted molar refractivity (Wildman–Crippen MR) is 119 cm³/mol. The van der Waals surface area contributed by atoms with Crippen molar-refractivity contribution in [1.29, 1.82) is 0 Å². The van der Waals surface area contributed by atoms with Crippen LogP contribution in [0.25, 0.3) is 16.6 Å². The molecule has 3 nitrogen and oxygen atoms in total. The summed E-state index contributed by atoms with van der Waals surface area (Å²) in [5.74, 6) is 0.334. The molecule has 4 heteroatoms. The van der Waals surface area contributed by atoms with Crippen LogP contribution in [0.15, 0.2) is 60.8 Å². The first-order chi connectivity index (χ1) is 13.5. The van der Waals surface area contributed by atoms with Crippen LogP contribution in [0.4, 0.5) is 0 Å². The van der Waals surface area contributed by atoms with Crippen LogP contribution in [0.3, 0.4) is 0 Å². The van der Waals surface area contributed by atoms with E-state index in [9.17, 15) is 8.42 Å². The van der Waals surface area contributed by atoms with Gasteiger partial charge < -0.3 is 4.57 Å². The normalized spacial score (nSPS) is 12.1. The van der Waals surface area contributed by atoms with Gasteiger partial charge in [0, 0.05) is 11.9 Å².